The zero-order valence-electron chi connectivity index (χ0n) is 12.8. The fraction of sp³-hybridized carbons (Fsp3) is 0.562. The van der Waals surface area contributed by atoms with E-state index in [0.29, 0.717) is 5.41 Å². The Kier molecular flexibility index (Phi) is 4.79. The first-order chi connectivity index (χ1) is 9.60. The molecule has 2 heterocycles. The highest BCUT2D eigenvalue weighted by atomic mass is 35.5. The summed E-state index contributed by atoms with van der Waals surface area (Å²) in [7, 11) is 4.00. The van der Waals surface area contributed by atoms with Gasteiger partial charge in [0.2, 0.25) is 0 Å². The molecule has 1 atom stereocenters. The van der Waals surface area contributed by atoms with E-state index in [4.69, 9.17) is 0 Å². The number of benzene rings is 1. The number of amides is 1. The Balaban J connectivity index is 0.00000161. The van der Waals surface area contributed by atoms with Crippen LogP contribution in [-0.4, -0.2) is 51.1 Å². The lowest BCUT2D eigenvalue weighted by atomic mass is 9.86. The van der Waals surface area contributed by atoms with Gasteiger partial charge in [-0.1, -0.05) is 6.07 Å². The van der Waals surface area contributed by atoms with Crippen LogP contribution in [0.4, 0.5) is 5.69 Å². The predicted octanol–water partition coefficient (Wildman–Crippen LogP) is 2.00. The summed E-state index contributed by atoms with van der Waals surface area (Å²) in [6.07, 6.45) is 2.34. The molecule has 2 saturated heterocycles. The molecule has 0 aliphatic carbocycles. The molecule has 1 aromatic carbocycles. The van der Waals surface area contributed by atoms with Crippen LogP contribution in [0, 0.1) is 5.41 Å². The lowest BCUT2D eigenvalue weighted by molar-refractivity contribution is 0.0776. The molecule has 2 aliphatic heterocycles. The molecule has 1 unspecified atom stereocenters. The van der Waals surface area contributed by atoms with E-state index in [1.165, 1.54) is 6.42 Å². The van der Waals surface area contributed by atoms with Crippen LogP contribution >= 0.6 is 12.4 Å². The largest absolute Gasteiger partial charge is 0.378 e. The summed E-state index contributed by atoms with van der Waals surface area (Å²) in [5.41, 5.74) is 2.22. The molecule has 116 valence electrons. The van der Waals surface area contributed by atoms with Crippen LogP contribution in [-0.2, 0) is 0 Å². The van der Waals surface area contributed by atoms with Gasteiger partial charge in [-0.15, -0.1) is 12.4 Å². The van der Waals surface area contributed by atoms with E-state index in [1.54, 1.807) is 0 Å². The van der Waals surface area contributed by atoms with Gasteiger partial charge in [-0.2, -0.15) is 0 Å². The van der Waals surface area contributed by atoms with Crippen LogP contribution < -0.4 is 10.2 Å². The van der Waals surface area contributed by atoms with Gasteiger partial charge in [0.1, 0.15) is 0 Å². The molecule has 1 spiro atoms. The Morgan fingerprint density at radius 1 is 1.33 bits per heavy atom. The van der Waals surface area contributed by atoms with E-state index in [9.17, 15) is 4.79 Å². The molecular weight excluding hydrogens is 286 g/mol. The first-order valence-electron chi connectivity index (χ1n) is 7.37. The number of nitrogens with one attached hydrogen (secondary N) is 1. The minimum Gasteiger partial charge on any atom is -0.378 e. The number of hydrogen-bond donors (Lipinski definition) is 1. The lowest BCUT2D eigenvalue weighted by Crippen LogP contribution is -2.33. The number of likely N-dealkylation sites (tertiary alicyclic amines) is 1. The van der Waals surface area contributed by atoms with Crippen LogP contribution in [0.25, 0.3) is 0 Å². The van der Waals surface area contributed by atoms with Gasteiger partial charge in [-0.05, 0) is 37.6 Å². The highest BCUT2D eigenvalue weighted by Crippen LogP contribution is 2.36. The van der Waals surface area contributed by atoms with E-state index in [0.717, 1.165) is 43.9 Å². The third-order valence-corrected chi connectivity index (χ3v) is 4.67. The van der Waals surface area contributed by atoms with Gasteiger partial charge in [0.15, 0.2) is 0 Å². The highest BCUT2D eigenvalue weighted by molar-refractivity contribution is 5.95. The fourth-order valence-electron chi connectivity index (χ4n) is 3.35. The van der Waals surface area contributed by atoms with E-state index in [1.807, 2.05) is 48.2 Å². The SMILES string of the molecule is CN(C)c1cccc(C(=O)N2CCC3(CCNC3)C2)c1.Cl. The number of rotatable bonds is 2. The van der Waals surface area contributed by atoms with E-state index in [2.05, 4.69) is 5.32 Å². The number of anilines is 1. The zero-order valence-corrected chi connectivity index (χ0v) is 13.6. The first-order valence-corrected chi connectivity index (χ1v) is 7.37. The Morgan fingerprint density at radius 2 is 2.14 bits per heavy atom. The van der Waals surface area contributed by atoms with Crippen LogP contribution in [0.15, 0.2) is 24.3 Å². The van der Waals surface area contributed by atoms with Crippen molar-refractivity contribution in [3.05, 3.63) is 29.8 Å². The topological polar surface area (TPSA) is 35.6 Å². The monoisotopic (exact) mass is 309 g/mol. The van der Waals surface area contributed by atoms with Crippen molar-refractivity contribution in [3.8, 4) is 0 Å². The number of carbonyl (C=O) groups is 1. The summed E-state index contributed by atoms with van der Waals surface area (Å²) in [4.78, 5) is 16.7. The van der Waals surface area contributed by atoms with Crippen LogP contribution in [0.2, 0.25) is 0 Å². The quantitative estimate of drug-likeness (QED) is 0.907. The standard InChI is InChI=1S/C16H23N3O.ClH/c1-18(2)14-5-3-4-13(10-14)15(20)19-9-7-16(12-19)6-8-17-11-16;/h3-5,10,17H,6-9,11-12H2,1-2H3;1H. The van der Waals surface area contributed by atoms with Crippen LogP contribution in [0.1, 0.15) is 23.2 Å². The maximum atomic E-state index is 12.6. The molecule has 5 heteroatoms. The third-order valence-electron chi connectivity index (χ3n) is 4.67. The van der Waals surface area contributed by atoms with Gasteiger partial charge in [0.25, 0.3) is 5.91 Å². The van der Waals surface area contributed by atoms with Crippen molar-refractivity contribution >= 4 is 24.0 Å². The molecule has 1 amide bonds. The molecule has 2 fully saturated rings. The maximum Gasteiger partial charge on any atom is 0.253 e. The van der Waals surface area contributed by atoms with Crippen molar-refractivity contribution in [1.29, 1.82) is 0 Å². The minimum absolute atomic E-state index is 0. The Labute approximate surface area is 132 Å². The number of halogens is 1. The van der Waals surface area contributed by atoms with Crippen molar-refractivity contribution in [2.24, 2.45) is 5.41 Å². The summed E-state index contributed by atoms with van der Waals surface area (Å²) in [6, 6.07) is 7.90. The van der Waals surface area contributed by atoms with Crippen molar-refractivity contribution in [1.82, 2.24) is 10.2 Å². The van der Waals surface area contributed by atoms with Crippen molar-refractivity contribution < 1.29 is 4.79 Å². The summed E-state index contributed by atoms with van der Waals surface area (Å²) < 4.78 is 0. The molecule has 3 rings (SSSR count). The van der Waals surface area contributed by atoms with E-state index in [-0.39, 0.29) is 18.3 Å². The van der Waals surface area contributed by atoms with Crippen molar-refractivity contribution in [2.45, 2.75) is 12.8 Å². The molecule has 0 saturated carbocycles. The lowest BCUT2D eigenvalue weighted by Gasteiger charge is -2.23. The summed E-state index contributed by atoms with van der Waals surface area (Å²) in [5, 5.41) is 3.43. The summed E-state index contributed by atoms with van der Waals surface area (Å²) in [5.74, 6) is 0.178. The molecule has 0 aromatic heterocycles. The van der Waals surface area contributed by atoms with E-state index >= 15 is 0 Å². The first kappa shape index (κ1) is 16.1. The molecule has 1 N–H and O–H groups in total. The van der Waals surface area contributed by atoms with Gasteiger partial charge in [0.05, 0.1) is 0 Å². The third kappa shape index (κ3) is 3.16. The summed E-state index contributed by atoms with van der Waals surface area (Å²) in [6.45, 7) is 3.96. The second kappa shape index (κ2) is 6.24. The minimum atomic E-state index is 0. The molecule has 0 radical (unpaired) electrons. The average molecular weight is 310 g/mol. The van der Waals surface area contributed by atoms with Gasteiger partial charge < -0.3 is 15.1 Å². The van der Waals surface area contributed by atoms with Gasteiger partial charge >= 0.3 is 0 Å². The Morgan fingerprint density at radius 3 is 2.81 bits per heavy atom. The maximum absolute atomic E-state index is 12.6. The number of hydrogen-bond acceptors (Lipinski definition) is 3. The van der Waals surface area contributed by atoms with Crippen LogP contribution in [0.3, 0.4) is 0 Å². The zero-order chi connectivity index (χ0) is 14.2. The van der Waals surface area contributed by atoms with Gasteiger partial charge in [0, 0.05) is 50.4 Å². The Bertz CT molecular complexity index is 512. The predicted molar refractivity (Wildman–Crippen MR) is 88.5 cm³/mol. The second-order valence-electron chi connectivity index (χ2n) is 6.35. The molecule has 2 aliphatic rings. The van der Waals surface area contributed by atoms with Crippen molar-refractivity contribution in [3.63, 3.8) is 0 Å². The number of nitrogens with zero attached hydrogens (tertiary/aromatic N) is 2. The molecular formula is C16H24ClN3O. The van der Waals surface area contributed by atoms with E-state index < -0.39 is 0 Å². The molecule has 0 bridgehead atoms. The van der Waals surface area contributed by atoms with Crippen LogP contribution in [0.5, 0.6) is 0 Å². The van der Waals surface area contributed by atoms with Gasteiger partial charge in [-0.3, -0.25) is 4.79 Å². The highest BCUT2D eigenvalue weighted by Gasteiger charge is 2.41. The Hall–Kier alpha value is -1.26. The molecule has 1 aromatic rings. The average Bonchev–Trinajstić information content (AvgIpc) is 3.09. The fourth-order valence-corrected chi connectivity index (χ4v) is 3.35. The second-order valence-corrected chi connectivity index (χ2v) is 6.35. The van der Waals surface area contributed by atoms with Gasteiger partial charge in [-0.25, -0.2) is 0 Å². The number of carbonyl (C=O) groups excluding carboxylic acids is 1. The van der Waals surface area contributed by atoms with Crippen molar-refractivity contribution in [2.75, 3.05) is 45.2 Å². The smallest absolute Gasteiger partial charge is 0.253 e. The molecule has 4 nitrogen and oxygen atoms in total. The molecule has 21 heavy (non-hydrogen) atoms. The normalized spacial score (nSPS) is 24.2. The summed E-state index contributed by atoms with van der Waals surface area (Å²) >= 11 is 0.